The zero-order valence-corrected chi connectivity index (χ0v) is 10.3. The van der Waals surface area contributed by atoms with Crippen LogP contribution in [0.15, 0.2) is 18.2 Å². The number of halogens is 1. The molecule has 6 heteroatoms. The fourth-order valence-electron chi connectivity index (χ4n) is 1.94. The molecule has 1 aromatic rings. The highest BCUT2D eigenvalue weighted by atomic mass is 32.2. The number of hydrogen-bond acceptors (Lipinski definition) is 3. The van der Waals surface area contributed by atoms with Crippen molar-refractivity contribution in [1.29, 1.82) is 0 Å². The number of hydrogen-bond donors (Lipinski definition) is 0. The minimum Gasteiger partial charge on any atom is -0.268 e. The number of benzene rings is 1. The molecule has 1 aliphatic rings. The zero-order valence-electron chi connectivity index (χ0n) is 9.47. The van der Waals surface area contributed by atoms with Crippen molar-refractivity contribution in [3.05, 3.63) is 35.1 Å². The van der Waals surface area contributed by atoms with E-state index in [0.717, 1.165) is 16.4 Å². The predicted octanol–water partition coefficient (Wildman–Crippen LogP) is 1.52. The van der Waals surface area contributed by atoms with Crippen LogP contribution in [0.2, 0.25) is 0 Å². The van der Waals surface area contributed by atoms with Gasteiger partial charge in [0, 0.05) is 11.6 Å². The highest BCUT2D eigenvalue weighted by molar-refractivity contribution is 7.89. The molecule has 1 aromatic carbocycles. The summed E-state index contributed by atoms with van der Waals surface area (Å²) in [4.78, 5) is 12.0. The van der Waals surface area contributed by atoms with E-state index in [2.05, 4.69) is 0 Å². The van der Waals surface area contributed by atoms with Gasteiger partial charge >= 0.3 is 0 Å². The summed E-state index contributed by atoms with van der Waals surface area (Å²) in [6.07, 6.45) is 0. The maximum absolute atomic E-state index is 13.1. The van der Waals surface area contributed by atoms with Gasteiger partial charge in [-0.2, -0.15) is 0 Å². The fourth-order valence-corrected chi connectivity index (χ4v) is 3.72. The van der Waals surface area contributed by atoms with E-state index in [0.29, 0.717) is 5.56 Å². The minimum atomic E-state index is -3.64. The number of fused-ring (bicyclic) bond motifs is 1. The van der Waals surface area contributed by atoms with Gasteiger partial charge in [-0.25, -0.2) is 17.1 Å². The SMILES string of the molecule is CC(C)N1C(=O)c2cc(F)ccc2CS1(=O)=O. The first kappa shape index (κ1) is 12.0. The highest BCUT2D eigenvalue weighted by Gasteiger charge is 2.37. The smallest absolute Gasteiger partial charge is 0.268 e. The standard InChI is InChI=1S/C11H12FNO3S/c1-7(2)13-11(14)10-5-9(12)4-3-8(10)6-17(13,15)16/h3-5,7H,6H2,1-2H3. The van der Waals surface area contributed by atoms with E-state index >= 15 is 0 Å². The number of nitrogens with zero attached hydrogens (tertiary/aromatic N) is 1. The third-order valence-electron chi connectivity index (χ3n) is 2.61. The molecule has 0 saturated heterocycles. The first-order valence-corrected chi connectivity index (χ1v) is 6.78. The van der Waals surface area contributed by atoms with E-state index in [1.165, 1.54) is 6.07 Å². The normalized spacial score (nSPS) is 18.4. The maximum Gasteiger partial charge on any atom is 0.268 e. The Morgan fingerprint density at radius 1 is 1.35 bits per heavy atom. The molecule has 1 aliphatic heterocycles. The molecule has 0 unspecified atom stereocenters. The first-order chi connectivity index (χ1) is 7.83. The van der Waals surface area contributed by atoms with Gasteiger partial charge in [0.2, 0.25) is 10.0 Å². The van der Waals surface area contributed by atoms with Crippen molar-refractivity contribution < 1.29 is 17.6 Å². The Kier molecular flexibility index (Phi) is 2.69. The summed E-state index contributed by atoms with van der Waals surface area (Å²) < 4.78 is 37.7. The Bertz CT molecular complexity index is 580. The molecule has 1 heterocycles. The molecule has 0 bridgehead atoms. The monoisotopic (exact) mass is 257 g/mol. The van der Waals surface area contributed by atoms with E-state index < -0.39 is 27.8 Å². The van der Waals surface area contributed by atoms with Crippen LogP contribution in [0.1, 0.15) is 29.8 Å². The van der Waals surface area contributed by atoms with Gasteiger partial charge < -0.3 is 0 Å². The van der Waals surface area contributed by atoms with Crippen LogP contribution in [0.4, 0.5) is 4.39 Å². The van der Waals surface area contributed by atoms with Crippen molar-refractivity contribution in [1.82, 2.24) is 4.31 Å². The molecular weight excluding hydrogens is 245 g/mol. The second-order valence-corrected chi connectivity index (χ2v) is 6.10. The summed E-state index contributed by atoms with van der Waals surface area (Å²) in [5, 5.41) is 0. The van der Waals surface area contributed by atoms with Crippen LogP contribution in [0.5, 0.6) is 0 Å². The average molecular weight is 257 g/mol. The van der Waals surface area contributed by atoms with Crippen molar-refractivity contribution in [2.75, 3.05) is 0 Å². The van der Waals surface area contributed by atoms with Gasteiger partial charge in [-0.1, -0.05) is 6.07 Å². The maximum atomic E-state index is 13.1. The molecule has 0 spiro atoms. The van der Waals surface area contributed by atoms with Crippen LogP contribution in [0, 0.1) is 5.82 Å². The molecular formula is C11H12FNO3S. The zero-order chi connectivity index (χ0) is 12.8. The second-order valence-electron chi connectivity index (χ2n) is 4.25. The van der Waals surface area contributed by atoms with Crippen molar-refractivity contribution >= 4 is 15.9 Å². The summed E-state index contributed by atoms with van der Waals surface area (Å²) >= 11 is 0. The molecule has 17 heavy (non-hydrogen) atoms. The molecule has 0 aliphatic carbocycles. The lowest BCUT2D eigenvalue weighted by molar-refractivity contribution is 0.0829. The molecule has 0 radical (unpaired) electrons. The highest BCUT2D eigenvalue weighted by Crippen LogP contribution is 2.26. The lowest BCUT2D eigenvalue weighted by Gasteiger charge is -2.31. The van der Waals surface area contributed by atoms with E-state index in [-0.39, 0.29) is 11.3 Å². The van der Waals surface area contributed by atoms with Gasteiger partial charge in [0.05, 0.1) is 5.75 Å². The van der Waals surface area contributed by atoms with Gasteiger partial charge in [-0.3, -0.25) is 4.79 Å². The summed E-state index contributed by atoms with van der Waals surface area (Å²) in [5.41, 5.74) is 0.488. The summed E-state index contributed by atoms with van der Waals surface area (Å²) in [6, 6.07) is 3.12. The van der Waals surface area contributed by atoms with E-state index in [1.807, 2.05) is 0 Å². The van der Waals surface area contributed by atoms with Crippen LogP contribution in [0.25, 0.3) is 0 Å². The second kappa shape index (κ2) is 3.80. The number of carbonyl (C=O) groups is 1. The van der Waals surface area contributed by atoms with E-state index in [1.54, 1.807) is 13.8 Å². The lowest BCUT2D eigenvalue weighted by atomic mass is 10.1. The molecule has 92 valence electrons. The molecule has 1 amide bonds. The topological polar surface area (TPSA) is 54.5 Å². The van der Waals surface area contributed by atoms with Crippen LogP contribution in [0.3, 0.4) is 0 Å². The molecule has 0 aromatic heterocycles. The van der Waals surface area contributed by atoms with Crippen molar-refractivity contribution in [3.8, 4) is 0 Å². The number of rotatable bonds is 1. The number of carbonyl (C=O) groups excluding carboxylic acids is 1. The van der Waals surface area contributed by atoms with Gasteiger partial charge in [0.25, 0.3) is 5.91 Å². The molecule has 0 saturated carbocycles. The Morgan fingerprint density at radius 3 is 2.59 bits per heavy atom. The fraction of sp³-hybridized carbons (Fsp3) is 0.364. The third kappa shape index (κ3) is 1.93. The van der Waals surface area contributed by atoms with Gasteiger partial charge in [0.1, 0.15) is 5.82 Å². The average Bonchev–Trinajstić information content (AvgIpc) is 2.17. The van der Waals surface area contributed by atoms with E-state index in [9.17, 15) is 17.6 Å². The van der Waals surface area contributed by atoms with Crippen molar-refractivity contribution in [3.63, 3.8) is 0 Å². The van der Waals surface area contributed by atoms with Gasteiger partial charge in [0.15, 0.2) is 0 Å². The lowest BCUT2D eigenvalue weighted by Crippen LogP contribution is -2.45. The summed E-state index contributed by atoms with van der Waals surface area (Å²) in [5.74, 6) is -1.45. The largest absolute Gasteiger partial charge is 0.268 e. The van der Waals surface area contributed by atoms with Crippen LogP contribution >= 0.6 is 0 Å². The summed E-state index contributed by atoms with van der Waals surface area (Å²) in [7, 11) is -3.64. The molecule has 4 nitrogen and oxygen atoms in total. The predicted molar refractivity (Wildman–Crippen MR) is 60.3 cm³/mol. The Morgan fingerprint density at radius 2 is 2.00 bits per heavy atom. The van der Waals surface area contributed by atoms with Crippen LogP contribution < -0.4 is 0 Å². The van der Waals surface area contributed by atoms with Gasteiger partial charge in [-0.05, 0) is 31.5 Å². The number of sulfonamides is 1. The summed E-state index contributed by atoms with van der Waals surface area (Å²) in [6.45, 7) is 3.22. The van der Waals surface area contributed by atoms with E-state index in [4.69, 9.17) is 0 Å². The molecule has 2 rings (SSSR count). The van der Waals surface area contributed by atoms with Crippen molar-refractivity contribution in [2.24, 2.45) is 0 Å². The Balaban J connectivity index is 2.62. The van der Waals surface area contributed by atoms with Crippen LogP contribution in [-0.4, -0.2) is 24.7 Å². The van der Waals surface area contributed by atoms with Crippen molar-refractivity contribution in [2.45, 2.75) is 25.6 Å². The minimum absolute atomic E-state index is 0.133. The third-order valence-corrected chi connectivity index (χ3v) is 4.47. The first-order valence-electron chi connectivity index (χ1n) is 5.18. The molecule has 0 N–H and O–H groups in total. The molecule has 0 atom stereocenters. The Labute approximate surface area is 99.1 Å². The van der Waals surface area contributed by atoms with Crippen LogP contribution in [-0.2, 0) is 15.8 Å². The molecule has 0 fully saturated rings. The quantitative estimate of drug-likeness (QED) is 0.766. The Hall–Kier alpha value is -1.43. The number of amides is 1. The van der Waals surface area contributed by atoms with Gasteiger partial charge in [-0.15, -0.1) is 0 Å².